The van der Waals surface area contributed by atoms with Crippen molar-refractivity contribution in [3.05, 3.63) is 36.3 Å². The van der Waals surface area contributed by atoms with Gasteiger partial charge in [-0.2, -0.15) is 5.10 Å². The molecule has 80 valence electrons. The fourth-order valence-electron chi connectivity index (χ4n) is 1.84. The SMILES string of the molecule is Cc1cnc2[nH]c(-c3cnn(C)c3)cc2c1. The number of aromatic amines is 1. The molecule has 0 fully saturated rings. The number of nitrogens with one attached hydrogen (secondary N) is 1. The number of aromatic nitrogens is 4. The van der Waals surface area contributed by atoms with Crippen molar-refractivity contribution in [3.63, 3.8) is 0 Å². The second-order valence-corrected chi connectivity index (χ2v) is 4.04. The molecular formula is C12H12N4. The average Bonchev–Trinajstić information content (AvgIpc) is 2.83. The van der Waals surface area contributed by atoms with Crippen LogP contribution in [0.2, 0.25) is 0 Å². The van der Waals surface area contributed by atoms with Gasteiger partial charge in [0.15, 0.2) is 0 Å². The van der Waals surface area contributed by atoms with E-state index in [2.05, 4.69) is 27.2 Å². The highest BCUT2D eigenvalue weighted by molar-refractivity contribution is 5.83. The topological polar surface area (TPSA) is 46.5 Å². The van der Waals surface area contributed by atoms with Crippen molar-refractivity contribution in [1.82, 2.24) is 19.7 Å². The van der Waals surface area contributed by atoms with Gasteiger partial charge < -0.3 is 4.98 Å². The van der Waals surface area contributed by atoms with E-state index in [1.165, 1.54) is 5.56 Å². The second-order valence-electron chi connectivity index (χ2n) is 4.04. The summed E-state index contributed by atoms with van der Waals surface area (Å²) in [6.07, 6.45) is 5.70. The number of hydrogen-bond donors (Lipinski definition) is 1. The molecule has 0 aromatic carbocycles. The molecule has 4 nitrogen and oxygen atoms in total. The summed E-state index contributed by atoms with van der Waals surface area (Å²) in [6, 6.07) is 4.23. The minimum absolute atomic E-state index is 0.921. The third-order valence-corrected chi connectivity index (χ3v) is 2.62. The Morgan fingerprint density at radius 2 is 2.12 bits per heavy atom. The van der Waals surface area contributed by atoms with E-state index in [-0.39, 0.29) is 0 Å². The summed E-state index contributed by atoms with van der Waals surface area (Å²) in [5, 5.41) is 5.29. The molecule has 0 aliphatic rings. The Balaban J connectivity index is 2.18. The molecular weight excluding hydrogens is 200 g/mol. The molecule has 4 heteroatoms. The summed E-state index contributed by atoms with van der Waals surface area (Å²) in [4.78, 5) is 7.64. The Morgan fingerprint density at radius 3 is 2.88 bits per heavy atom. The van der Waals surface area contributed by atoms with Crippen molar-refractivity contribution in [1.29, 1.82) is 0 Å². The molecule has 0 unspecified atom stereocenters. The van der Waals surface area contributed by atoms with Crippen molar-refractivity contribution in [2.24, 2.45) is 7.05 Å². The highest BCUT2D eigenvalue weighted by atomic mass is 15.2. The first kappa shape index (κ1) is 9.15. The Hall–Kier alpha value is -2.10. The average molecular weight is 212 g/mol. The quantitative estimate of drug-likeness (QED) is 0.672. The van der Waals surface area contributed by atoms with Crippen LogP contribution >= 0.6 is 0 Å². The Kier molecular flexibility index (Phi) is 1.83. The first-order chi connectivity index (χ1) is 7.72. The largest absolute Gasteiger partial charge is 0.339 e. The Bertz CT molecular complexity index is 648. The smallest absolute Gasteiger partial charge is 0.137 e. The first-order valence-corrected chi connectivity index (χ1v) is 5.17. The van der Waals surface area contributed by atoms with Gasteiger partial charge in [-0.1, -0.05) is 0 Å². The fraction of sp³-hybridized carbons (Fsp3) is 0.167. The molecule has 0 aliphatic heterocycles. The standard InChI is InChI=1S/C12H12N4/c1-8-3-9-4-11(15-12(9)13-5-8)10-6-14-16(2)7-10/h3-7H,1-2H3,(H,13,15). The summed E-state index contributed by atoms with van der Waals surface area (Å²) in [7, 11) is 1.91. The van der Waals surface area contributed by atoms with E-state index in [0.717, 1.165) is 22.3 Å². The Labute approximate surface area is 92.9 Å². The lowest BCUT2D eigenvalue weighted by Crippen LogP contribution is -1.84. The number of pyridine rings is 1. The number of H-pyrrole nitrogens is 1. The molecule has 0 spiro atoms. The van der Waals surface area contributed by atoms with Crippen molar-refractivity contribution in [2.75, 3.05) is 0 Å². The van der Waals surface area contributed by atoms with E-state index in [1.54, 1.807) is 4.68 Å². The van der Waals surface area contributed by atoms with Crippen molar-refractivity contribution in [2.45, 2.75) is 6.92 Å². The van der Waals surface area contributed by atoms with E-state index >= 15 is 0 Å². The monoisotopic (exact) mass is 212 g/mol. The predicted octanol–water partition coefficient (Wildman–Crippen LogP) is 2.27. The zero-order chi connectivity index (χ0) is 11.1. The van der Waals surface area contributed by atoms with E-state index in [0.29, 0.717) is 0 Å². The number of fused-ring (bicyclic) bond motifs is 1. The van der Waals surface area contributed by atoms with Crippen LogP contribution < -0.4 is 0 Å². The highest BCUT2D eigenvalue weighted by Gasteiger charge is 2.05. The summed E-state index contributed by atoms with van der Waals surface area (Å²) < 4.78 is 1.79. The molecule has 0 aliphatic carbocycles. The fourth-order valence-corrected chi connectivity index (χ4v) is 1.84. The van der Waals surface area contributed by atoms with Crippen LogP contribution in [0.1, 0.15) is 5.56 Å². The minimum Gasteiger partial charge on any atom is -0.339 e. The molecule has 3 rings (SSSR count). The molecule has 3 aromatic rings. The van der Waals surface area contributed by atoms with Crippen molar-refractivity contribution < 1.29 is 0 Å². The molecule has 0 saturated heterocycles. The lowest BCUT2D eigenvalue weighted by atomic mass is 10.2. The van der Waals surface area contributed by atoms with Crippen LogP contribution in [0.4, 0.5) is 0 Å². The molecule has 0 amide bonds. The number of hydrogen-bond acceptors (Lipinski definition) is 2. The van der Waals surface area contributed by atoms with Crippen molar-refractivity contribution in [3.8, 4) is 11.3 Å². The number of rotatable bonds is 1. The van der Waals surface area contributed by atoms with Crippen LogP contribution in [0.15, 0.2) is 30.7 Å². The van der Waals surface area contributed by atoms with Gasteiger partial charge >= 0.3 is 0 Å². The van der Waals surface area contributed by atoms with Crippen LogP contribution in [-0.2, 0) is 7.05 Å². The normalized spacial score (nSPS) is 11.1. The van der Waals surface area contributed by atoms with Crippen LogP contribution in [0.25, 0.3) is 22.3 Å². The predicted molar refractivity (Wildman–Crippen MR) is 63.0 cm³/mol. The highest BCUT2D eigenvalue weighted by Crippen LogP contribution is 2.22. The molecule has 16 heavy (non-hydrogen) atoms. The van der Waals surface area contributed by atoms with Crippen LogP contribution in [0.3, 0.4) is 0 Å². The molecule has 0 bridgehead atoms. The van der Waals surface area contributed by atoms with Crippen LogP contribution in [0, 0.1) is 6.92 Å². The zero-order valence-corrected chi connectivity index (χ0v) is 9.23. The van der Waals surface area contributed by atoms with Gasteiger partial charge in [0, 0.05) is 30.4 Å². The number of nitrogens with zero attached hydrogens (tertiary/aromatic N) is 3. The zero-order valence-electron chi connectivity index (χ0n) is 9.23. The first-order valence-electron chi connectivity index (χ1n) is 5.17. The molecule has 3 aromatic heterocycles. The van der Waals surface area contributed by atoms with Crippen molar-refractivity contribution >= 4 is 11.0 Å². The maximum absolute atomic E-state index is 4.35. The van der Waals surface area contributed by atoms with E-state index in [4.69, 9.17) is 0 Å². The number of aryl methyl sites for hydroxylation is 2. The van der Waals surface area contributed by atoms with Gasteiger partial charge in [0.05, 0.1) is 11.9 Å². The third kappa shape index (κ3) is 1.39. The minimum atomic E-state index is 0.921. The summed E-state index contributed by atoms with van der Waals surface area (Å²) in [5.74, 6) is 0. The molecule has 0 atom stereocenters. The lowest BCUT2D eigenvalue weighted by molar-refractivity contribution is 0.768. The van der Waals surface area contributed by atoms with Gasteiger partial charge in [-0.05, 0) is 24.6 Å². The van der Waals surface area contributed by atoms with E-state index < -0.39 is 0 Å². The van der Waals surface area contributed by atoms with E-state index in [1.807, 2.05) is 32.6 Å². The lowest BCUT2D eigenvalue weighted by Gasteiger charge is -1.90. The molecule has 1 N–H and O–H groups in total. The summed E-state index contributed by atoms with van der Waals surface area (Å²) in [5.41, 5.74) is 4.23. The molecule has 0 saturated carbocycles. The Morgan fingerprint density at radius 1 is 1.25 bits per heavy atom. The maximum Gasteiger partial charge on any atom is 0.137 e. The molecule has 3 heterocycles. The van der Waals surface area contributed by atoms with Gasteiger partial charge in [0.1, 0.15) is 5.65 Å². The van der Waals surface area contributed by atoms with Gasteiger partial charge in [0.25, 0.3) is 0 Å². The van der Waals surface area contributed by atoms with E-state index in [9.17, 15) is 0 Å². The molecule has 0 radical (unpaired) electrons. The van der Waals surface area contributed by atoms with Gasteiger partial charge in [-0.25, -0.2) is 4.98 Å². The third-order valence-electron chi connectivity index (χ3n) is 2.62. The van der Waals surface area contributed by atoms with Gasteiger partial charge in [0.2, 0.25) is 0 Å². The second kappa shape index (κ2) is 3.20. The van der Waals surface area contributed by atoms with Gasteiger partial charge in [-0.3, -0.25) is 4.68 Å². The summed E-state index contributed by atoms with van der Waals surface area (Å²) >= 11 is 0. The maximum atomic E-state index is 4.35. The summed E-state index contributed by atoms with van der Waals surface area (Å²) in [6.45, 7) is 2.04. The van der Waals surface area contributed by atoms with Gasteiger partial charge in [-0.15, -0.1) is 0 Å². The van der Waals surface area contributed by atoms with Crippen LogP contribution in [-0.4, -0.2) is 19.7 Å². The van der Waals surface area contributed by atoms with Crippen LogP contribution in [0.5, 0.6) is 0 Å².